The fourth-order valence-electron chi connectivity index (χ4n) is 2.83. The van der Waals surface area contributed by atoms with Crippen LogP contribution in [-0.4, -0.2) is 25.1 Å². The summed E-state index contributed by atoms with van der Waals surface area (Å²) in [4.78, 5) is 24.9. The van der Waals surface area contributed by atoms with Crippen LogP contribution in [0, 0.1) is 19.7 Å². The molecule has 0 aliphatic heterocycles. The molecule has 0 aliphatic carbocycles. The summed E-state index contributed by atoms with van der Waals surface area (Å²) in [7, 11) is 1.49. The number of rotatable bonds is 5. The Hall–Kier alpha value is -3.35. The van der Waals surface area contributed by atoms with Crippen LogP contribution in [0.4, 0.5) is 10.1 Å². The quantitative estimate of drug-likeness (QED) is 0.660. The number of aryl methyl sites for hydroxylation is 2. The van der Waals surface area contributed by atoms with Crippen molar-refractivity contribution in [2.24, 2.45) is 0 Å². The molecule has 0 saturated heterocycles. The molecule has 1 atom stereocenters. The fraction of sp³-hybridized carbons (Fsp3) is 0.238. The summed E-state index contributed by atoms with van der Waals surface area (Å²) in [5.41, 5.74) is 1.83. The van der Waals surface area contributed by atoms with E-state index in [1.165, 1.54) is 26.2 Å². The average molecular weight is 385 g/mol. The number of carbonyl (C=O) groups excluding carboxylic acids is 2. The third kappa shape index (κ3) is 3.69. The van der Waals surface area contributed by atoms with Crippen LogP contribution in [0.25, 0.3) is 11.0 Å². The zero-order valence-corrected chi connectivity index (χ0v) is 16.0. The van der Waals surface area contributed by atoms with Crippen LogP contribution in [0.3, 0.4) is 0 Å². The molecule has 28 heavy (non-hydrogen) atoms. The average Bonchev–Trinajstić information content (AvgIpc) is 3.00. The second kappa shape index (κ2) is 7.72. The lowest BCUT2D eigenvalue weighted by atomic mass is 10.1. The van der Waals surface area contributed by atoms with E-state index in [-0.39, 0.29) is 11.3 Å². The number of anilines is 1. The largest absolute Gasteiger partial charge is 0.495 e. The second-order valence-electron chi connectivity index (χ2n) is 6.41. The van der Waals surface area contributed by atoms with Crippen LogP contribution in [0.15, 0.2) is 40.8 Å². The van der Waals surface area contributed by atoms with Gasteiger partial charge in [0.15, 0.2) is 17.5 Å². The molecule has 7 heteroatoms. The summed E-state index contributed by atoms with van der Waals surface area (Å²) in [6.45, 7) is 4.94. The molecular weight excluding hydrogens is 365 g/mol. The number of hydrogen-bond acceptors (Lipinski definition) is 5. The highest BCUT2D eigenvalue weighted by Crippen LogP contribution is 2.28. The van der Waals surface area contributed by atoms with E-state index in [9.17, 15) is 14.0 Å². The van der Waals surface area contributed by atoms with Gasteiger partial charge in [0.2, 0.25) is 5.76 Å². The topological polar surface area (TPSA) is 77.8 Å². The Labute approximate surface area is 161 Å². The number of ether oxygens (including phenoxy) is 2. The minimum absolute atomic E-state index is 0.0199. The first-order valence-electron chi connectivity index (χ1n) is 8.66. The highest BCUT2D eigenvalue weighted by atomic mass is 19.1. The minimum Gasteiger partial charge on any atom is -0.495 e. The number of methoxy groups -OCH3 is 1. The van der Waals surface area contributed by atoms with Gasteiger partial charge in [-0.1, -0.05) is 18.2 Å². The number of amides is 1. The minimum atomic E-state index is -1.10. The van der Waals surface area contributed by atoms with Crippen molar-refractivity contribution in [2.75, 3.05) is 12.4 Å². The summed E-state index contributed by atoms with van der Waals surface area (Å²) in [5, 5.41) is 3.16. The van der Waals surface area contributed by atoms with E-state index < -0.39 is 23.8 Å². The summed E-state index contributed by atoms with van der Waals surface area (Å²) in [6, 6.07) is 9.74. The van der Waals surface area contributed by atoms with E-state index in [1.807, 2.05) is 13.0 Å². The number of benzene rings is 2. The van der Waals surface area contributed by atoms with Gasteiger partial charge in [0.25, 0.3) is 5.91 Å². The maximum atomic E-state index is 13.9. The number of para-hydroxylation sites is 1. The van der Waals surface area contributed by atoms with Crippen LogP contribution >= 0.6 is 0 Å². The Morgan fingerprint density at radius 3 is 2.61 bits per heavy atom. The van der Waals surface area contributed by atoms with Gasteiger partial charge in [-0.15, -0.1) is 0 Å². The zero-order chi connectivity index (χ0) is 20.4. The summed E-state index contributed by atoms with van der Waals surface area (Å²) < 4.78 is 29.6. The van der Waals surface area contributed by atoms with Crippen LogP contribution in [0.1, 0.15) is 28.6 Å². The summed E-state index contributed by atoms with van der Waals surface area (Å²) in [6.07, 6.45) is -1.10. The van der Waals surface area contributed by atoms with E-state index >= 15 is 0 Å². The SMILES string of the molecule is COc1ccc(C)cc1NC(=O)[C@@H](C)OC(=O)c1oc2c(F)cccc2c1C. The monoisotopic (exact) mass is 385 g/mol. The number of nitrogens with one attached hydrogen (secondary N) is 1. The second-order valence-corrected chi connectivity index (χ2v) is 6.41. The van der Waals surface area contributed by atoms with Crippen molar-refractivity contribution in [2.45, 2.75) is 26.9 Å². The summed E-state index contributed by atoms with van der Waals surface area (Å²) >= 11 is 0. The Morgan fingerprint density at radius 2 is 1.93 bits per heavy atom. The van der Waals surface area contributed by atoms with Crippen molar-refractivity contribution in [3.63, 3.8) is 0 Å². The number of fused-ring (bicyclic) bond motifs is 1. The number of halogens is 1. The van der Waals surface area contributed by atoms with Gasteiger partial charge in [-0.2, -0.15) is 0 Å². The van der Waals surface area contributed by atoms with Gasteiger partial charge in [-0.3, -0.25) is 4.79 Å². The molecule has 1 aromatic heterocycles. The molecule has 6 nitrogen and oxygen atoms in total. The van der Waals surface area contributed by atoms with E-state index in [0.717, 1.165) is 5.56 Å². The van der Waals surface area contributed by atoms with Gasteiger partial charge in [-0.05, 0) is 44.5 Å². The number of furan rings is 1. The van der Waals surface area contributed by atoms with E-state index in [2.05, 4.69) is 5.32 Å². The fourth-order valence-corrected chi connectivity index (χ4v) is 2.83. The van der Waals surface area contributed by atoms with Crippen LogP contribution < -0.4 is 10.1 Å². The van der Waals surface area contributed by atoms with E-state index in [1.54, 1.807) is 25.1 Å². The molecule has 1 amide bonds. The van der Waals surface area contributed by atoms with Crippen molar-refractivity contribution in [3.05, 3.63) is 59.1 Å². The molecule has 146 valence electrons. The normalized spacial score (nSPS) is 11.9. The van der Waals surface area contributed by atoms with Gasteiger partial charge in [0.1, 0.15) is 5.75 Å². The van der Waals surface area contributed by atoms with Crippen molar-refractivity contribution >= 4 is 28.5 Å². The Balaban J connectivity index is 1.76. The standard InChI is InChI=1S/C21H20FNO5/c1-11-8-9-17(26-4)16(10-11)23-20(24)13(3)27-21(25)18-12(2)14-6-5-7-15(22)19(14)28-18/h5-10,13H,1-4H3,(H,23,24)/t13-/m1/s1. The highest BCUT2D eigenvalue weighted by Gasteiger charge is 2.25. The molecule has 0 radical (unpaired) electrons. The number of hydrogen-bond donors (Lipinski definition) is 1. The predicted octanol–water partition coefficient (Wildman–Crippen LogP) is 4.38. The molecule has 0 unspecified atom stereocenters. The lowest BCUT2D eigenvalue weighted by molar-refractivity contribution is -0.123. The molecule has 0 aliphatic rings. The Kier molecular flexibility index (Phi) is 5.35. The Morgan fingerprint density at radius 1 is 1.18 bits per heavy atom. The van der Waals surface area contributed by atoms with Crippen LogP contribution in [0.2, 0.25) is 0 Å². The third-order valence-electron chi connectivity index (χ3n) is 4.37. The molecule has 1 N–H and O–H groups in total. The predicted molar refractivity (Wildman–Crippen MR) is 102 cm³/mol. The molecule has 0 bridgehead atoms. The molecule has 1 heterocycles. The lowest BCUT2D eigenvalue weighted by Crippen LogP contribution is -2.30. The van der Waals surface area contributed by atoms with Gasteiger partial charge >= 0.3 is 5.97 Å². The smallest absolute Gasteiger partial charge is 0.375 e. The van der Waals surface area contributed by atoms with Gasteiger partial charge in [0.05, 0.1) is 12.8 Å². The molecule has 0 fully saturated rings. The van der Waals surface area contributed by atoms with Crippen LogP contribution in [-0.2, 0) is 9.53 Å². The first-order valence-corrected chi connectivity index (χ1v) is 8.66. The van der Waals surface area contributed by atoms with E-state index in [4.69, 9.17) is 13.9 Å². The third-order valence-corrected chi connectivity index (χ3v) is 4.37. The van der Waals surface area contributed by atoms with Gasteiger partial charge in [0, 0.05) is 10.9 Å². The molecule has 0 spiro atoms. The van der Waals surface area contributed by atoms with Crippen LogP contribution in [0.5, 0.6) is 5.75 Å². The molecular formula is C21H20FNO5. The number of esters is 1. The number of carbonyl (C=O) groups is 2. The molecule has 3 rings (SSSR count). The highest BCUT2D eigenvalue weighted by molar-refractivity contribution is 6.00. The van der Waals surface area contributed by atoms with Crippen molar-refractivity contribution in [3.8, 4) is 5.75 Å². The molecule has 3 aromatic rings. The van der Waals surface area contributed by atoms with Crippen molar-refractivity contribution in [1.29, 1.82) is 0 Å². The van der Waals surface area contributed by atoms with Crippen molar-refractivity contribution in [1.82, 2.24) is 0 Å². The van der Waals surface area contributed by atoms with Gasteiger partial charge < -0.3 is 19.2 Å². The first-order chi connectivity index (χ1) is 13.3. The summed E-state index contributed by atoms with van der Waals surface area (Å²) in [5.74, 6) is -1.59. The lowest BCUT2D eigenvalue weighted by Gasteiger charge is -2.15. The first kappa shape index (κ1) is 19.4. The maximum absolute atomic E-state index is 13.9. The Bertz CT molecular complexity index is 1060. The molecule has 0 saturated carbocycles. The van der Waals surface area contributed by atoms with Crippen molar-refractivity contribution < 1.29 is 27.9 Å². The zero-order valence-electron chi connectivity index (χ0n) is 16.0. The van der Waals surface area contributed by atoms with Gasteiger partial charge in [-0.25, -0.2) is 9.18 Å². The molecule has 2 aromatic carbocycles. The maximum Gasteiger partial charge on any atom is 0.375 e. The van der Waals surface area contributed by atoms with E-state index in [0.29, 0.717) is 22.4 Å².